The summed E-state index contributed by atoms with van der Waals surface area (Å²) in [6.07, 6.45) is 1.84. The third-order valence-corrected chi connectivity index (χ3v) is 3.14. The Morgan fingerprint density at radius 1 is 1.05 bits per heavy atom. The van der Waals surface area contributed by atoms with Crippen LogP contribution in [0.4, 0.5) is 11.5 Å². The molecule has 1 aromatic heterocycles. The number of hydrogen-bond donors (Lipinski definition) is 1. The van der Waals surface area contributed by atoms with E-state index < -0.39 is 0 Å². The Balaban J connectivity index is 2.23. The first-order valence-corrected chi connectivity index (χ1v) is 6.95. The second kappa shape index (κ2) is 6.06. The van der Waals surface area contributed by atoms with Crippen LogP contribution in [0, 0.1) is 0 Å². The van der Waals surface area contributed by atoms with Gasteiger partial charge in [0.2, 0.25) is 0 Å². The minimum Gasteiger partial charge on any atom is -0.329 e. The Labute approximate surface area is 121 Å². The predicted molar refractivity (Wildman–Crippen MR) is 85.3 cm³/mol. The van der Waals surface area contributed by atoms with E-state index in [1.54, 1.807) is 0 Å². The van der Waals surface area contributed by atoms with E-state index in [-0.39, 0.29) is 5.54 Å². The van der Waals surface area contributed by atoms with Crippen LogP contribution in [0.25, 0.3) is 0 Å². The van der Waals surface area contributed by atoms with E-state index in [0.717, 1.165) is 18.1 Å². The van der Waals surface area contributed by atoms with Crippen molar-refractivity contribution in [1.29, 1.82) is 0 Å². The summed E-state index contributed by atoms with van der Waals surface area (Å²) in [5, 5.41) is 3.52. The number of aromatic nitrogens is 1. The molecule has 1 aromatic carbocycles. The molecule has 3 nitrogen and oxygen atoms in total. The van der Waals surface area contributed by atoms with Crippen molar-refractivity contribution < 1.29 is 0 Å². The van der Waals surface area contributed by atoms with Crippen LogP contribution >= 0.6 is 0 Å². The topological polar surface area (TPSA) is 28.2 Å². The molecule has 0 saturated carbocycles. The van der Waals surface area contributed by atoms with E-state index in [0.29, 0.717) is 0 Å². The van der Waals surface area contributed by atoms with Crippen molar-refractivity contribution in [3.63, 3.8) is 0 Å². The van der Waals surface area contributed by atoms with E-state index >= 15 is 0 Å². The molecule has 0 fully saturated rings. The van der Waals surface area contributed by atoms with Crippen molar-refractivity contribution in [3.8, 4) is 0 Å². The highest BCUT2D eigenvalue weighted by Crippen LogP contribution is 2.24. The molecule has 2 aromatic rings. The van der Waals surface area contributed by atoms with Crippen molar-refractivity contribution in [3.05, 3.63) is 54.2 Å². The van der Waals surface area contributed by atoms with Gasteiger partial charge in [-0.1, -0.05) is 24.3 Å². The first-order chi connectivity index (χ1) is 9.47. The molecule has 0 aliphatic carbocycles. The molecule has 1 N–H and O–H groups in total. The van der Waals surface area contributed by atoms with Gasteiger partial charge in [0.05, 0.1) is 0 Å². The van der Waals surface area contributed by atoms with Gasteiger partial charge >= 0.3 is 0 Å². The van der Waals surface area contributed by atoms with Crippen molar-refractivity contribution in [2.24, 2.45) is 0 Å². The Morgan fingerprint density at radius 2 is 1.75 bits per heavy atom. The fourth-order valence-corrected chi connectivity index (χ4v) is 2.00. The van der Waals surface area contributed by atoms with E-state index in [2.05, 4.69) is 61.2 Å². The quantitative estimate of drug-likeness (QED) is 0.916. The maximum atomic E-state index is 4.54. The van der Waals surface area contributed by atoms with E-state index in [1.807, 2.05) is 30.5 Å². The third kappa shape index (κ3) is 3.81. The van der Waals surface area contributed by atoms with Crippen LogP contribution < -0.4 is 10.2 Å². The lowest BCUT2D eigenvalue weighted by atomic mass is 10.1. The van der Waals surface area contributed by atoms with Gasteiger partial charge in [-0.15, -0.1) is 0 Å². The predicted octanol–water partition coefficient (Wildman–Crippen LogP) is 3.74. The number of nitrogens with zero attached hydrogens (tertiary/aromatic N) is 2. The second-order valence-corrected chi connectivity index (χ2v) is 5.98. The zero-order valence-electron chi connectivity index (χ0n) is 12.7. The number of benzene rings is 1. The average molecular weight is 269 g/mol. The minimum atomic E-state index is 0.0957. The first-order valence-electron chi connectivity index (χ1n) is 6.95. The summed E-state index contributed by atoms with van der Waals surface area (Å²) in [4.78, 5) is 6.67. The number of hydrogen-bond acceptors (Lipinski definition) is 3. The largest absolute Gasteiger partial charge is 0.329 e. The molecule has 20 heavy (non-hydrogen) atoms. The summed E-state index contributed by atoms with van der Waals surface area (Å²) < 4.78 is 0. The lowest BCUT2D eigenvalue weighted by Gasteiger charge is -2.24. The van der Waals surface area contributed by atoms with Gasteiger partial charge in [0.1, 0.15) is 5.82 Å². The third-order valence-electron chi connectivity index (χ3n) is 3.14. The smallest absolute Gasteiger partial charge is 0.137 e. The van der Waals surface area contributed by atoms with Gasteiger partial charge in [0.25, 0.3) is 0 Å². The van der Waals surface area contributed by atoms with Gasteiger partial charge in [-0.2, -0.15) is 0 Å². The average Bonchev–Trinajstić information content (AvgIpc) is 2.45. The van der Waals surface area contributed by atoms with E-state index in [1.165, 1.54) is 5.56 Å². The fraction of sp³-hybridized carbons (Fsp3) is 0.353. The molecule has 0 bridgehead atoms. The SMILES string of the molecule is CN(c1ccccc1)c1ncccc1CNC(C)(C)C. The number of para-hydroxylation sites is 1. The second-order valence-electron chi connectivity index (χ2n) is 5.98. The van der Waals surface area contributed by atoms with Crippen LogP contribution in [0.5, 0.6) is 0 Å². The van der Waals surface area contributed by atoms with Crippen LogP contribution in [0.3, 0.4) is 0 Å². The highest BCUT2D eigenvalue weighted by atomic mass is 15.2. The standard InChI is InChI=1S/C17H23N3/c1-17(2,3)19-13-14-9-8-12-18-16(14)20(4)15-10-6-5-7-11-15/h5-12,19H,13H2,1-4H3. The van der Waals surface area contributed by atoms with Gasteiger partial charge in [0, 0.05) is 36.6 Å². The zero-order valence-corrected chi connectivity index (χ0v) is 12.7. The summed E-state index contributed by atoms with van der Waals surface area (Å²) in [5.74, 6) is 0.996. The Kier molecular flexibility index (Phi) is 4.40. The summed E-state index contributed by atoms with van der Waals surface area (Å²) in [5.41, 5.74) is 2.44. The summed E-state index contributed by atoms with van der Waals surface area (Å²) in [6.45, 7) is 7.32. The summed E-state index contributed by atoms with van der Waals surface area (Å²) in [6, 6.07) is 14.4. The molecule has 3 heteroatoms. The van der Waals surface area contributed by atoms with Crippen molar-refractivity contribution >= 4 is 11.5 Å². The van der Waals surface area contributed by atoms with Gasteiger partial charge in [0.15, 0.2) is 0 Å². The van der Waals surface area contributed by atoms with Crippen molar-refractivity contribution in [2.75, 3.05) is 11.9 Å². The molecule has 0 atom stereocenters. The summed E-state index contributed by atoms with van der Waals surface area (Å²) >= 11 is 0. The van der Waals surface area contributed by atoms with Gasteiger partial charge < -0.3 is 10.2 Å². The maximum absolute atomic E-state index is 4.54. The van der Waals surface area contributed by atoms with Crippen LogP contribution in [-0.4, -0.2) is 17.6 Å². The first kappa shape index (κ1) is 14.5. The van der Waals surface area contributed by atoms with Crippen LogP contribution in [0.15, 0.2) is 48.7 Å². The van der Waals surface area contributed by atoms with Gasteiger partial charge in [-0.3, -0.25) is 0 Å². The highest BCUT2D eigenvalue weighted by molar-refractivity contribution is 5.61. The van der Waals surface area contributed by atoms with Crippen LogP contribution in [0.1, 0.15) is 26.3 Å². The number of pyridine rings is 1. The van der Waals surface area contributed by atoms with Crippen molar-refractivity contribution in [2.45, 2.75) is 32.9 Å². The van der Waals surface area contributed by atoms with Crippen molar-refractivity contribution in [1.82, 2.24) is 10.3 Å². The van der Waals surface area contributed by atoms with Gasteiger partial charge in [-0.25, -0.2) is 4.98 Å². The normalized spacial score (nSPS) is 11.4. The molecule has 0 aliphatic rings. The molecule has 1 heterocycles. The zero-order chi connectivity index (χ0) is 14.6. The molecule has 0 radical (unpaired) electrons. The minimum absolute atomic E-state index is 0.0957. The molecule has 106 valence electrons. The Bertz CT molecular complexity index is 544. The van der Waals surface area contributed by atoms with E-state index in [4.69, 9.17) is 0 Å². The fourth-order valence-electron chi connectivity index (χ4n) is 2.00. The lowest BCUT2D eigenvalue weighted by Crippen LogP contribution is -2.35. The lowest BCUT2D eigenvalue weighted by molar-refractivity contribution is 0.424. The summed E-state index contributed by atoms with van der Waals surface area (Å²) in [7, 11) is 2.05. The monoisotopic (exact) mass is 269 g/mol. The highest BCUT2D eigenvalue weighted by Gasteiger charge is 2.13. The number of rotatable bonds is 4. The Hall–Kier alpha value is -1.87. The van der Waals surface area contributed by atoms with Crippen LogP contribution in [-0.2, 0) is 6.54 Å². The molecule has 0 spiro atoms. The molecule has 0 aliphatic heterocycles. The number of anilines is 2. The molecule has 2 rings (SSSR count). The number of nitrogens with one attached hydrogen (secondary N) is 1. The van der Waals surface area contributed by atoms with Gasteiger partial charge in [-0.05, 0) is 39.0 Å². The van der Waals surface area contributed by atoms with Crippen LogP contribution in [0.2, 0.25) is 0 Å². The molecule has 0 amide bonds. The molecular formula is C17H23N3. The Morgan fingerprint density at radius 3 is 2.40 bits per heavy atom. The van der Waals surface area contributed by atoms with E-state index in [9.17, 15) is 0 Å². The molecule has 0 saturated heterocycles. The molecule has 0 unspecified atom stereocenters. The molecular weight excluding hydrogens is 246 g/mol. The maximum Gasteiger partial charge on any atom is 0.137 e.